The van der Waals surface area contributed by atoms with Crippen molar-refractivity contribution in [1.29, 1.82) is 0 Å². The van der Waals surface area contributed by atoms with Crippen molar-refractivity contribution in [3.8, 4) is 5.75 Å². The molecule has 2 N–H and O–H groups in total. The number of hydrogen-bond acceptors (Lipinski definition) is 6. The summed E-state index contributed by atoms with van der Waals surface area (Å²) in [5.74, 6) is -1.28. The molecule has 222 valence electrons. The minimum absolute atomic E-state index is 0.0439. The lowest BCUT2D eigenvalue weighted by molar-refractivity contribution is -0.153. The first-order valence-corrected chi connectivity index (χ1v) is 15.4. The zero-order valence-electron chi connectivity index (χ0n) is 22.5. The van der Waals surface area contributed by atoms with E-state index in [9.17, 15) is 31.2 Å². The number of sulfonamides is 1. The second-order valence-electron chi connectivity index (χ2n) is 11.2. The van der Waals surface area contributed by atoms with Gasteiger partial charge in [-0.3, -0.25) is 14.3 Å². The topological polar surface area (TPSA) is 119 Å². The van der Waals surface area contributed by atoms with Gasteiger partial charge >= 0.3 is 6.18 Å². The third-order valence-electron chi connectivity index (χ3n) is 8.00. The molecule has 1 atom stereocenters. The van der Waals surface area contributed by atoms with Gasteiger partial charge < -0.3 is 10.1 Å². The second-order valence-corrected chi connectivity index (χ2v) is 13.0. The van der Waals surface area contributed by atoms with E-state index in [1.165, 1.54) is 10.7 Å². The van der Waals surface area contributed by atoms with Crippen molar-refractivity contribution in [2.45, 2.75) is 62.5 Å². The third kappa shape index (κ3) is 5.87. The van der Waals surface area contributed by atoms with Gasteiger partial charge in [0.2, 0.25) is 10.0 Å². The lowest BCUT2D eigenvalue weighted by Crippen LogP contribution is -2.50. The summed E-state index contributed by atoms with van der Waals surface area (Å²) in [6, 6.07) is 13.1. The van der Waals surface area contributed by atoms with Crippen LogP contribution in [0.2, 0.25) is 0 Å². The number of carbonyl (C=O) groups is 2. The van der Waals surface area contributed by atoms with E-state index in [4.69, 9.17) is 4.74 Å². The molecule has 0 saturated heterocycles. The molecular formula is C29H29F3N4O5S. The molecular weight excluding hydrogens is 573 g/mol. The number of aromatic nitrogens is 2. The summed E-state index contributed by atoms with van der Waals surface area (Å²) in [6.45, 7) is -1.04. The van der Waals surface area contributed by atoms with E-state index in [2.05, 4.69) is 15.1 Å². The zero-order chi connectivity index (χ0) is 29.7. The monoisotopic (exact) mass is 602 g/mol. The van der Waals surface area contributed by atoms with Crippen LogP contribution in [0.15, 0.2) is 48.5 Å². The van der Waals surface area contributed by atoms with Crippen LogP contribution >= 0.6 is 0 Å². The summed E-state index contributed by atoms with van der Waals surface area (Å²) in [7, 11) is -4.07. The molecule has 0 radical (unpaired) electrons. The summed E-state index contributed by atoms with van der Waals surface area (Å²) in [5.41, 5.74) is 1.50. The van der Waals surface area contributed by atoms with E-state index in [1.807, 2.05) is 0 Å². The molecule has 2 amide bonds. The Bertz CT molecular complexity index is 1650. The van der Waals surface area contributed by atoms with Gasteiger partial charge in [-0.25, -0.2) is 13.1 Å². The Morgan fingerprint density at radius 2 is 1.93 bits per heavy atom. The predicted octanol–water partition coefficient (Wildman–Crippen LogP) is 4.01. The molecule has 1 saturated carbocycles. The highest BCUT2D eigenvalue weighted by Crippen LogP contribution is 2.44. The average molecular weight is 603 g/mol. The number of halogens is 3. The number of alkyl halides is 3. The fraction of sp³-hybridized carbons (Fsp3) is 0.414. The Hall–Kier alpha value is -3.87. The molecule has 6 rings (SSSR count). The van der Waals surface area contributed by atoms with Crippen LogP contribution in [-0.4, -0.2) is 42.8 Å². The Kier molecular flexibility index (Phi) is 7.03. The van der Waals surface area contributed by atoms with Crippen LogP contribution in [-0.2, 0) is 40.7 Å². The van der Waals surface area contributed by atoms with Gasteiger partial charge in [-0.2, -0.15) is 18.3 Å². The first-order valence-electron chi connectivity index (χ1n) is 13.8. The Labute approximate surface area is 240 Å². The maximum absolute atomic E-state index is 13.6. The lowest BCUT2D eigenvalue weighted by atomic mass is 9.82. The quantitative estimate of drug-likeness (QED) is 0.382. The SMILES string of the molecule is O=C1N[C@@]2(CCc3cc(OCC(F)(F)F)ccc32)Cc2nn(CCC3CC3)c(C(=O)NS(=O)(=O)Cc3ccccc3)c21. The highest BCUT2D eigenvalue weighted by Gasteiger charge is 2.47. The molecule has 1 aliphatic heterocycles. The molecule has 2 heterocycles. The Balaban J connectivity index is 1.29. The van der Waals surface area contributed by atoms with Gasteiger partial charge in [0.05, 0.1) is 22.5 Å². The minimum atomic E-state index is -4.46. The number of aryl methyl sites for hydroxylation is 2. The van der Waals surface area contributed by atoms with Crippen LogP contribution in [0.4, 0.5) is 13.2 Å². The predicted molar refractivity (Wildman–Crippen MR) is 145 cm³/mol. The van der Waals surface area contributed by atoms with Gasteiger partial charge in [-0.1, -0.05) is 49.2 Å². The van der Waals surface area contributed by atoms with Crippen LogP contribution in [0, 0.1) is 5.92 Å². The molecule has 0 unspecified atom stereocenters. The average Bonchev–Trinajstić information content (AvgIpc) is 3.59. The molecule has 1 spiro atoms. The van der Waals surface area contributed by atoms with Crippen LogP contribution < -0.4 is 14.8 Å². The maximum atomic E-state index is 13.6. The van der Waals surface area contributed by atoms with Gasteiger partial charge in [-0.15, -0.1) is 0 Å². The van der Waals surface area contributed by atoms with Gasteiger partial charge in [0.15, 0.2) is 6.61 Å². The summed E-state index contributed by atoms with van der Waals surface area (Å²) in [4.78, 5) is 27.1. The number of ether oxygens (including phenoxy) is 1. The molecule has 42 heavy (non-hydrogen) atoms. The first-order chi connectivity index (χ1) is 19.9. The van der Waals surface area contributed by atoms with Gasteiger partial charge in [0, 0.05) is 13.0 Å². The molecule has 2 aromatic carbocycles. The van der Waals surface area contributed by atoms with Crippen molar-refractivity contribution in [3.05, 3.63) is 82.2 Å². The molecule has 3 aliphatic rings. The highest BCUT2D eigenvalue weighted by atomic mass is 32.2. The number of nitrogens with zero attached hydrogens (tertiary/aromatic N) is 2. The van der Waals surface area contributed by atoms with Crippen LogP contribution in [0.3, 0.4) is 0 Å². The van der Waals surface area contributed by atoms with Gasteiger partial charge in [0.1, 0.15) is 11.4 Å². The summed E-state index contributed by atoms with van der Waals surface area (Å²) < 4.78 is 72.1. The third-order valence-corrected chi connectivity index (χ3v) is 9.21. The second kappa shape index (κ2) is 10.4. The van der Waals surface area contributed by atoms with Crippen molar-refractivity contribution in [3.63, 3.8) is 0 Å². The van der Waals surface area contributed by atoms with E-state index >= 15 is 0 Å². The smallest absolute Gasteiger partial charge is 0.422 e. The summed E-state index contributed by atoms with van der Waals surface area (Å²) in [6.07, 6.45) is -0.339. The van der Waals surface area contributed by atoms with E-state index in [0.717, 1.165) is 30.4 Å². The molecule has 3 aromatic rings. The number of hydrogen-bond donors (Lipinski definition) is 2. The Morgan fingerprint density at radius 3 is 2.64 bits per heavy atom. The van der Waals surface area contributed by atoms with Crippen LogP contribution in [0.1, 0.15) is 68.9 Å². The highest BCUT2D eigenvalue weighted by molar-refractivity contribution is 7.89. The standard InChI is InChI=1S/C29H29F3N4O5S/c30-29(31,32)17-41-21-8-9-22-20(14-21)10-12-28(22)15-23-24(26(37)33-28)25(36(34-23)13-11-18-6-7-18)27(38)35-42(39,40)16-19-4-2-1-3-5-19/h1-5,8-9,14,18H,6-7,10-13,15-17H2,(H,33,37)(H,35,38)/t28-/m0/s1. The molecule has 0 bridgehead atoms. The molecule has 13 heteroatoms. The van der Waals surface area contributed by atoms with E-state index in [1.54, 1.807) is 42.5 Å². The number of fused-ring (bicyclic) bond motifs is 3. The largest absolute Gasteiger partial charge is 0.484 e. The summed E-state index contributed by atoms with van der Waals surface area (Å²) >= 11 is 0. The fourth-order valence-electron chi connectivity index (χ4n) is 5.90. The number of amides is 2. The van der Waals surface area contributed by atoms with Crippen molar-refractivity contribution >= 4 is 21.8 Å². The van der Waals surface area contributed by atoms with Crippen LogP contribution in [0.25, 0.3) is 0 Å². The number of benzene rings is 2. The molecule has 1 aromatic heterocycles. The molecule has 9 nitrogen and oxygen atoms in total. The van der Waals surface area contributed by atoms with Crippen LogP contribution in [0.5, 0.6) is 5.75 Å². The number of rotatable bonds is 9. The lowest BCUT2D eigenvalue weighted by Gasteiger charge is -2.35. The minimum Gasteiger partial charge on any atom is -0.484 e. The molecule has 2 aliphatic carbocycles. The van der Waals surface area contributed by atoms with E-state index in [0.29, 0.717) is 36.6 Å². The Morgan fingerprint density at radius 1 is 1.17 bits per heavy atom. The van der Waals surface area contributed by atoms with Crippen molar-refractivity contribution in [2.75, 3.05) is 6.61 Å². The van der Waals surface area contributed by atoms with Crippen molar-refractivity contribution < 1.29 is 35.9 Å². The maximum Gasteiger partial charge on any atom is 0.422 e. The van der Waals surface area contributed by atoms with Gasteiger partial charge in [-0.05, 0) is 54.0 Å². The van der Waals surface area contributed by atoms with E-state index in [-0.39, 0.29) is 23.4 Å². The van der Waals surface area contributed by atoms with Gasteiger partial charge in [0.25, 0.3) is 11.8 Å². The normalized spacial score (nSPS) is 19.7. The summed E-state index contributed by atoms with van der Waals surface area (Å²) in [5, 5.41) is 7.68. The zero-order valence-corrected chi connectivity index (χ0v) is 23.4. The first kappa shape index (κ1) is 28.3. The van der Waals surface area contributed by atoms with Crippen molar-refractivity contribution in [2.24, 2.45) is 5.92 Å². The number of carbonyl (C=O) groups excluding carboxylic acids is 2. The van der Waals surface area contributed by atoms with Crippen molar-refractivity contribution in [1.82, 2.24) is 19.8 Å². The molecule has 1 fully saturated rings. The van der Waals surface area contributed by atoms with E-state index < -0.39 is 45.9 Å². The number of nitrogens with one attached hydrogen (secondary N) is 2. The fourth-order valence-corrected chi connectivity index (χ4v) is 6.98.